The Morgan fingerprint density at radius 3 is 2.45 bits per heavy atom. The molecule has 1 radical (unpaired) electrons. The van der Waals surface area contributed by atoms with Crippen molar-refractivity contribution in [2.45, 2.75) is 6.10 Å². The van der Waals surface area contributed by atoms with Gasteiger partial charge in [-0.1, -0.05) is 30.3 Å². The Labute approximate surface area is 70.8 Å². The molecule has 0 heterocycles. The van der Waals surface area contributed by atoms with Gasteiger partial charge in [0.2, 0.25) is 6.29 Å². The van der Waals surface area contributed by atoms with Crippen molar-refractivity contribution < 1.29 is 8.98 Å². The number of hydrogen-bond acceptors (Lipinski definition) is 3. The molecule has 1 rings (SSSR count). The van der Waals surface area contributed by atoms with Gasteiger partial charge in [-0.05, 0) is 18.5 Å². The third-order valence-corrected chi connectivity index (χ3v) is 1.53. The van der Waals surface area contributed by atoms with Gasteiger partial charge in [0.15, 0.2) is 6.10 Å². The van der Waals surface area contributed by atoms with E-state index in [2.05, 4.69) is 17.1 Å². The van der Waals surface area contributed by atoms with E-state index in [9.17, 15) is 4.79 Å². The highest BCUT2D eigenvalue weighted by Crippen LogP contribution is 2.14. The Kier molecular flexibility index (Phi) is 3.14. The summed E-state index contributed by atoms with van der Waals surface area (Å²) < 4.78 is 4.56. The SMILES string of the molecule is O=[C]C(OS)c1ccccc1. The van der Waals surface area contributed by atoms with E-state index >= 15 is 0 Å². The van der Waals surface area contributed by atoms with E-state index in [1.54, 1.807) is 18.4 Å². The number of thiol groups is 1. The van der Waals surface area contributed by atoms with Gasteiger partial charge in [0.1, 0.15) is 0 Å². The van der Waals surface area contributed by atoms with Gasteiger partial charge in [-0.2, -0.15) is 0 Å². The topological polar surface area (TPSA) is 26.3 Å². The highest BCUT2D eigenvalue weighted by Gasteiger charge is 2.08. The average molecular weight is 167 g/mol. The predicted octanol–water partition coefficient (Wildman–Crippen LogP) is 1.70. The van der Waals surface area contributed by atoms with Crippen LogP contribution in [0.1, 0.15) is 11.7 Å². The summed E-state index contributed by atoms with van der Waals surface area (Å²) in [5, 5.41) is 0. The van der Waals surface area contributed by atoms with Gasteiger partial charge >= 0.3 is 0 Å². The molecular formula is C8H7O2S. The zero-order chi connectivity index (χ0) is 8.10. The Hall–Kier alpha value is -0.800. The molecule has 11 heavy (non-hydrogen) atoms. The lowest BCUT2D eigenvalue weighted by Gasteiger charge is -2.04. The monoisotopic (exact) mass is 167 g/mol. The van der Waals surface area contributed by atoms with E-state index < -0.39 is 6.10 Å². The second-order valence-electron chi connectivity index (χ2n) is 2.01. The van der Waals surface area contributed by atoms with Crippen molar-refractivity contribution in [1.82, 2.24) is 0 Å². The molecule has 0 N–H and O–H groups in total. The Balaban J connectivity index is 2.82. The molecule has 1 aromatic carbocycles. The molecule has 57 valence electrons. The fourth-order valence-corrected chi connectivity index (χ4v) is 0.943. The van der Waals surface area contributed by atoms with Crippen LogP contribution in [0.15, 0.2) is 30.3 Å². The fraction of sp³-hybridized carbons (Fsp3) is 0.125. The molecule has 0 fully saturated rings. The van der Waals surface area contributed by atoms with E-state index in [1.807, 2.05) is 18.2 Å². The first kappa shape index (κ1) is 8.30. The van der Waals surface area contributed by atoms with Crippen molar-refractivity contribution in [1.29, 1.82) is 0 Å². The number of carbonyl (C=O) groups excluding carboxylic acids is 1. The lowest BCUT2D eigenvalue weighted by atomic mass is 10.1. The van der Waals surface area contributed by atoms with Crippen molar-refractivity contribution in [2.75, 3.05) is 0 Å². The summed E-state index contributed by atoms with van der Waals surface area (Å²) in [4.78, 5) is 10.2. The molecule has 1 aromatic rings. The minimum Gasteiger partial charge on any atom is -0.302 e. The van der Waals surface area contributed by atoms with Crippen LogP contribution < -0.4 is 0 Å². The minimum absolute atomic E-state index is 0.681. The highest BCUT2D eigenvalue weighted by atomic mass is 32.1. The van der Waals surface area contributed by atoms with E-state index in [-0.39, 0.29) is 0 Å². The summed E-state index contributed by atoms with van der Waals surface area (Å²) in [7, 11) is 0. The summed E-state index contributed by atoms with van der Waals surface area (Å²) in [6.07, 6.45) is 1.04. The average Bonchev–Trinajstić information content (AvgIpc) is 2.09. The molecule has 0 saturated carbocycles. The third kappa shape index (κ3) is 2.06. The molecular weight excluding hydrogens is 160 g/mol. The maximum absolute atomic E-state index is 10.2. The Morgan fingerprint density at radius 2 is 2.00 bits per heavy atom. The molecule has 0 aromatic heterocycles. The van der Waals surface area contributed by atoms with Crippen molar-refractivity contribution in [3.05, 3.63) is 35.9 Å². The van der Waals surface area contributed by atoms with Crippen LogP contribution in [0.25, 0.3) is 0 Å². The fourth-order valence-electron chi connectivity index (χ4n) is 0.778. The standard InChI is InChI=1S/C8H7O2S/c9-6-8(10-11)7-4-2-1-3-5-7/h1-5,8,11H. The number of benzene rings is 1. The first-order valence-electron chi connectivity index (χ1n) is 3.11. The van der Waals surface area contributed by atoms with E-state index in [0.717, 1.165) is 5.56 Å². The molecule has 1 atom stereocenters. The van der Waals surface area contributed by atoms with Crippen molar-refractivity contribution >= 4 is 19.2 Å². The van der Waals surface area contributed by atoms with E-state index in [1.165, 1.54) is 0 Å². The first-order chi connectivity index (χ1) is 5.38. The first-order valence-corrected chi connectivity index (χ1v) is 3.48. The maximum atomic E-state index is 10.2. The molecule has 0 bridgehead atoms. The molecule has 0 spiro atoms. The van der Waals surface area contributed by atoms with Crippen LogP contribution in [-0.2, 0) is 8.98 Å². The lowest BCUT2D eigenvalue weighted by molar-refractivity contribution is 0.320. The van der Waals surface area contributed by atoms with Crippen LogP contribution in [0.4, 0.5) is 0 Å². The van der Waals surface area contributed by atoms with Gasteiger partial charge < -0.3 is 4.18 Å². The molecule has 3 heteroatoms. The second-order valence-corrected chi connectivity index (χ2v) is 2.22. The van der Waals surface area contributed by atoms with Gasteiger partial charge in [0.25, 0.3) is 0 Å². The van der Waals surface area contributed by atoms with Crippen LogP contribution >= 0.6 is 12.9 Å². The summed E-state index contributed by atoms with van der Waals surface area (Å²) in [6.45, 7) is 0. The quantitative estimate of drug-likeness (QED) is 0.547. The summed E-state index contributed by atoms with van der Waals surface area (Å²) >= 11 is 3.54. The summed E-state index contributed by atoms with van der Waals surface area (Å²) in [5.74, 6) is 0. The third-order valence-electron chi connectivity index (χ3n) is 1.31. The van der Waals surface area contributed by atoms with Gasteiger partial charge in [-0.15, -0.1) is 0 Å². The molecule has 2 nitrogen and oxygen atoms in total. The van der Waals surface area contributed by atoms with E-state index in [4.69, 9.17) is 0 Å². The maximum Gasteiger partial charge on any atom is 0.236 e. The predicted molar refractivity (Wildman–Crippen MR) is 44.9 cm³/mol. The van der Waals surface area contributed by atoms with Crippen molar-refractivity contribution in [3.8, 4) is 0 Å². The Bertz CT molecular complexity index is 223. The summed E-state index contributed by atoms with van der Waals surface area (Å²) in [5.41, 5.74) is 0.762. The number of rotatable bonds is 3. The molecule has 0 amide bonds. The van der Waals surface area contributed by atoms with Crippen LogP contribution in [-0.4, -0.2) is 6.29 Å². The Morgan fingerprint density at radius 1 is 1.36 bits per heavy atom. The largest absolute Gasteiger partial charge is 0.302 e. The molecule has 0 aliphatic heterocycles. The van der Waals surface area contributed by atoms with Gasteiger partial charge in [-0.3, -0.25) is 4.79 Å². The zero-order valence-electron chi connectivity index (χ0n) is 5.73. The van der Waals surface area contributed by atoms with Crippen LogP contribution in [0.5, 0.6) is 0 Å². The molecule has 0 aliphatic carbocycles. The molecule has 0 aliphatic rings. The molecule has 1 unspecified atom stereocenters. The van der Waals surface area contributed by atoms with Crippen molar-refractivity contribution in [3.63, 3.8) is 0 Å². The van der Waals surface area contributed by atoms with E-state index in [0.29, 0.717) is 0 Å². The van der Waals surface area contributed by atoms with Gasteiger partial charge in [0, 0.05) is 0 Å². The normalized spacial score (nSPS) is 12.5. The summed E-state index contributed by atoms with van der Waals surface area (Å²) in [6, 6.07) is 9.08. The second kappa shape index (κ2) is 4.16. The lowest BCUT2D eigenvalue weighted by Crippen LogP contribution is -1.98. The van der Waals surface area contributed by atoms with Gasteiger partial charge in [0.05, 0.1) is 0 Å². The minimum atomic E-state index is -0.681. The smallest absolute Gasteiger partial charge is 0.236 e. The van der Waals surface area contributed by atoms with Crippen LogP contribution in [0, 0.1) is 0 Å². The highest BCUT2D eigenvalue weighted by molar-refractivity contribution is 7.75. The van der Waals surface area contributed by atoms with Crippen LogP contribution in [0.2, 0.25) is 0 Å². The van der Waals surface area contributed by atoms with Crippen LogP contribution in [0.3, 0.4) is 0 Å². The van der Waals surface area contributed by atoms with Gasteiger partial charge in [-0.25, -0.2) is 0 Å². The van der Waals surface area contributed by atoms with Crippen molar-refractivity contribution in [2.24, 2.45) is 0 Å². The molecule has 0 saturated heterocycles. The number of hydrogen-bond donors (Lipinski definition) is 1. The zero-order valence-corrected chi connectivity index (χ0v) is 6.62.